The highest BCUT2D eigenvalue weighted by Gasteiger charge is 2.37. The maximum Gasteiger partial charge on any atom is 0.327 e. The minimum absolute atomic E-state index is 0.0338. The third-order valence-electron chi connectivity index (χ3n) is 1.72. The molecule has 1 atom stereocenters. The van der Waals surface area contributed by atoms with Gasteiger partial charge in [0.15, 0.2) is 10.6 Å². The van der Waals surface area contributed by atoms with Crippen LogP contribution in [0, 0.1) is 5.92 Å². The molecule has 1 unspecified atom stereocenters. The zero-order chi connectivity index (χ0) is 9.14. The largest absolute Gasteiger partial charge is 0.465 e. The molecule has 3 nitrogen and oxygen atoms in total. The molecular weight excluding hydrogens is 224 g/mol. The van der Waals surface area contributed by atoms with Crippen molar-refractivity contribution in [1.29, 1.82) is 0 Å². The van der Waals surface area contributed by atoms with Gasteiger partial charge in [0.2, 0.25) is 0 Å². The topological polar surface area (TPSA) is 43.4 Å². The van der Waals surface area contributed by atoms with Gasteiger partial charge < -0.3 is 4.74 Å². The molecule has 68 valence electrons. The molecule has 0 N–H and O–H groups in total. The average Bonchev–Trinajstić information content (AvgIpc) is 2.84. The van der Waals surface area contributed by atoms with Crippen molar-refractivity contribution in [2.75, 3.05) is 6.61 Å². The first kappa shape index (κ1) is 9.71. The van der Waals surface area contributed by atoms with E-state index < -0.39 is 10.8 Å². The predicted molar refractivity (Wildman–Crippen MR) is 47.1 cm³/mol. The number of halogens is 1. The first-order valence-electron chi connectivity index (χ1n) is 4.01. The van der Waals surface area contributed by atoms with E-state index in [0.29, 0.717) is 6.61 Å². The molecule has 1 saturated carbocycles. The smallest absolute Gasteiger partial charge is 0.327 e. The fourth-order valence-corrected chi connectivity index (χ4v) is 1.41. The predicted octanol–water partition coefficient (Wildman–Crippen LogP) is 1.29. The Kier molecular flexibility index (Phi) is 3.26. The van der Waals surface area contributed by atoms with Crippen molar-refractivity contribution in [2.24, 2.45) is 5.92 Å². The van der Waals surface area contributed by atoms with Gasteiger partial charge in [-0.25, -0.2) is 0 Å². The van der Waals surface area contributed by atoms with Crippen LogP contribution in [0.1, 0.15) is 19.8 Å². The van der Waals surface area contributed by atoms with Crippen molar-refractivity contribution >= 4 is 27.7 Å². The van der Waals surface area contributed by atoms with E-state index in [2.05, 4.69) is 15.9 Å². The van der Waals surface area contributed by atoms with Crippen molar-refractivity contribution in [1.82, 2.24) is 0 Å². The van der Waals surface area contributed by atoms with Crippen molar-refractivity contribution < 1.29 is 14.3 Å². The number of Topliss-reactive ketones (excluding diaryl/α,β-unsaturated/α-hetero) is 1. The standard InChI is InChI=1S/C8H11BrO3/c1-2-12-8(11)6(9)7(10)5-3-4-5/h5-6H,2-4H2,1H3. The second-order valence-corrected chi connectivity index (χ2v) is 3.71. The summed E-state index contributed by atoms with van der Waals surface area (Å²) in [7, 11) is 0. The molecule has 1 aliphatic rings. The molecule has 1 fully saturated rings. The van der Waals surface area contributed by atoms with E-state index in [1.165, 1.54) is 0 Å². The number of rotatable bonds is 4. The Morgan fingerprint density at radius 2 is 2.17 bits per heavy atom. The van der Waals surface area contributed by atoms with Gasteiger partial charge in [0.1, 0.15) is 0 Å². The highest BCUT2D eigenvalue weighted by Crippen LogP contribution is 2.32. The van der Waals surface area contributed by atoms with Crippen LogP contribution >= 0.6 is 15.9 Å². The molecule has 0 aromatic heterocycles. The molecular formula is C8H11BrO3. The van der Waals surface area contributed by atoms with Crippen LogP contribution in [0.4, 0.5) is 0 Å². The van der Waals surface area contributed by atoms with Gasteiger partial charge in [-0.2, -0.15) is 0 Å². The third kappa shape index (κ3) is 2.30. The number of ketones is 1. The number of esters is 1. The van der Waals surface area contributed by atoms with E-state index >= 15 is 0 Å². The quantitative estimate of drug-likeness (QED) is 0.419. The molecule has 0 heterocycles. The van der Waals surface area contributed by atoms with Crippen LogP contribution in [0.5, 0.6) is 0 Å². The summed E-state index contributed by atoms with van der Waals surface area (Å²) >= 11 is 3.03. The Hall–Kier alpha value is -0.380. The minimum Gasteiger partial charge on any atom is -0.465 e. The van der Waals surface area contributed by atoms with Crippen molar-refractivity contribution in [3.05, 3.63) is 0 Å². The van der Waals surface area contributed by atoms with Crippen LogP contribution < -0.4 is 0 Å². The van der Waals surface area contributed by atoms with E-state index in [4.69, 9.17) is 4.74 Å². The van der Waals surface area contributed by atoms with Gasteiger partial charge in [-0.05, 0) is 19.8 Å². The van der Waals surface area contributed by atoms with Crippen LogP contribution in [0.3, 0.4) is 0 Å². The molecule has 0 spiro atoms. The summed E-state index contributed by atoms with van der Waals surface area (Å²) in [6.07, 6.45) is 1.83. The number of hydrogen-bond donors (Lipinski definition) is 0. The molecule has 1 rings (SSSR count). The molecule has 12 heavy (non-hydrogen) atoms. The van der Waals surface area contributed by atoms with E-state index in [1.54, 1.807) is 6.92 Å². The second kappa shape index (κ2) is 4.03. The summed E-state index contributed by atoms with van der Waals surface area (Å²) in [6.45, 7) is 2.04. The Labute approximate surface area is 79.6 Å². The van der Waals surface area contributed by atoms with Gasteiger partial charge in [-0.1, -0.05) is 15.9 Å². The first-order chi connectivity index (χ1) is 5.66. The van der Waals surface area contributed by atoms with Crippen molar-refractivity contribution in [2.45, 2.75) is 24.6 Å². The van der Waals surface area contributed by atoms with E-state index in [1.807, 2.05) is 0 Å². The average molecular weight is 235 g/mol. The number of carbonyl (C=O) groups is 2. The summed E-state index contributed by atoms with van der Waals surface area (Å²) < 4.78 is 4.70. The maximum atomic E-state index is 11.3. The van der Waals surface area contributed by atoms with Crippen LogP contribution in [0.25, 0.3) is 0 Å². The van der Waals surface area contributed by atoms with E-state index in [9.17, 15) is 9.59 Å². The fourth-order valence-electron chi connectivity index (χ4n) is 0.906. The number of ether oxygens (including phenoxy) is 1. The maximum absolute atomic E-state index is 11.3. The number of hydrogen-bond acceptors (Lipinski definition) is 3. The number of alkyl halides is 1. The molecule has 4 heteroatoms. The molecule has 0 bridgehead atoms. The highest BCUT2D eigenvalue weighted by atomic mass is 79.9. The summed E-state index contributed by atoms with van der Waals surface area (Å²) in [5.41, 5.74) is 0. The lowest BCUT2D eigenvalue weighted by molar-refractivity contribution is -0.144. The molecule has 0 aliphatic heterocycles. The minimum atomic E-state index is -0.745. The lowest BCUT2D eigenvalue weighted by Gasteiger charge is -2.06. The third-order valence-corrected chi connectivity index (χ3v) is 2.55. The fraction of sp³-hybridized carbons (Fsp3) is 0.750. The van der Waals surface area contributed by atoms with Gasteiger partial charge in [-0.15, -0.1) is 0 Å². The van der Waals surface area contributed by atoms with E-state index in [-0.39, 0.29) is 11.7 Å². The first-order valence-corrected chi connectivity index (χ1v) is 4.92. The Morgan fingerprint density at radius 1 is 1.58 bits per heavy atom. The van der Waals surface area contributed by atoms with Crippen LogP contribution in [0.2, 0.25) is 0 Å². The molecule has 0 saturated heterocycles. The van der Waals surface area contributed by atoms with Gasteiger partial charge in [-0.3, -0.25) is 9.59 Å². The zero-order valence-electron chi connectivity index (χ0n) is 6.88. The Morgan fingerprint density at radius 3 is 2.58 bits per heavy atom. The molecule has 0 amide bonds. The van der Waals surface area contributed by atoms with E-state index in [0.717, 1.165) is 12.8 Å². The van der Waals surface area contributed by atoms with Crippen molar-refractivity contribution in [3.63, 3.8) is 0 Å². The summed E-state index contributed by atoms with van der Waals surface area (Å²) in [6, 6.07) is 0. The van der Waals surface area contributed by atoms with Gasteiger partial charge in [0.25, 0.3) is 0 Å². The molecule has 0 aromatic carbocycles. The zero-order valence-corrected chi connectivity index (χ0v) is 8.46. The highest BCUT2D eigenvalue weighted by molar-refractivity contribution is 9.10. The normalized spacial score (nSPS) is 18.5. The lowest BCUT2D eigenvalue weighted by Crippen LogP contribution is -2.27. The SMILES string of the molecule is CCOC(=O)C(Br)C(=O)C1CC1. The summed E-state index contributed by atoms with van der Waals surface area (Å²) in [5.74, 6) is -0.401. The summed E-state index contributed by atoms with van der Waals surface area (Å²) in [4.78, 5) is 21.6. The van der Waals surface area contributed by atoms with Gasteiger partial charge in [0.05, 0.1) is 6.61 Å². The summed E-state index contributed by atoms with van der Waals surface area (Å²) in [5, 5.41) is 0. The van der Waals surface area contributed by atoms with Gasteiger partial charge >= 0.3 is 5.97 Å². The second-order valence-electron chi connectivity index (χ2n) is 2.79. The molecule has 0 aromatic rings. The van der Waals surface area contributed by atoms with Crippen LogP contribution in [-0.4, -0.2) is 23.2 Å². The van der Waals surface area contributed by atoms with Crippen molar-refractivity contribution in [3.8, 4) is 0 Å². The van der Waals surface area contributed by atoms with Gasteiger partial charge in [0, 0.05) is 5.92 Å². The molecule has 1 aliphatic carbocycles. The number of carbonyl (C=O) groups excluding carboxylic acids is 2. The van der Waals surface area contributed by atoms with Crippen LogP contribution in [0.15, 0.2) is 0 Å². The molecule has 0 radical (unpaired) electrons. The Balaban J connectivity index is 2.39. The Bertz CT molecular complexity index is 198. The lowest BCUT2D eigenvalue weighted by atomic mass is 10.2. The van der Waals surface area contributed by atoms with Crippen LogP contribution in [-0.2, 0) is 14.3 Å². The monoisotopic (exact) mass is 234 g/mol.